The fraction of sp³-hybridized carbons (Fsp3) is 0.947. The van der Waals surface area contributed by atoms with Crippen molar-refractivity contribution in [3.63, 3.8) is 0 Å². The van der Waals surface area contributed by atoms with Crippen LogP contribution in [0, 0.1) is 0 Å². The number of aliphatic hydroxyl groups is 1. The van der Waals surface area contributed by atoms with Crippen molar-refractivity contribution in [1.29, 1.82) is 0 Å². The molecule has 2 aliphatic rings. The van der Waals surface area contributed by atoms with Crippen molar-refractivity contribution in [1.82, 2.24) is 10.2 Å². The van der Waals surface area contributed by atoms with Crippen LogP contribution in [0.4, 0.5) is 0 Å². The molecule has 0 bridgehead atoms. The summed E-state index contributed by atoms with van der Waals surface area (Å²) in [5.74, 6) is 0.0359. The molecule has 0 aromatic heterocycles. The zero-order valence-corrected chi connectivity index (χ0v) is 15.2. The summed E-state index contributed by atoms with van der Waals surface area (Å²) in [6.07, 6.45) is 12.7. The van der Waals surface area contributed by atoms with Gasteiger partial charge in [-0.1, -0.05) is 38.5 Å². The normalized spacial score (nSPS) is 22.5. The van der Waals surface area contributed by atoms with Crippen molar-refractivity contribution in [2.24, 2.45) is 0 Å². The van der Waals surface area contributed by atoms with E-state index in [0.29, 0.717) is 25.7 Å². The predicted molar refractivity (Wildman–Crippen MR) is 96.0 cm³/mol. The molecule has 0 aromatic rings. The number of hydrogen-bond donors (Lipinski definition) is 2. The molecule has 0 radical (unpaired) electrons. The fourth-order valence-electron chi connectivity index (χ4n) is 3.65. The highest BCUT2D eigenvalue weighted by Crippen LogP contribution is 2.20. The topological polar surface area (TPSA) is 61.8 Å². The molecule has 2 fully saturated rings. The Hall–Kier alpha value is -0.650. The van der Waals surface area contributed by atoms with E-state index in [1.807, 2.05) is 0 Å². The summed E-state index contributed by atoms with van der Waals surface area (Å²) in [4.78, 5) is 14.4. The van der Waals surface area contributed by atoms with Gasteiger partial charge in [-0.3, -0.25) is 4.79 Å². The Kier molecular flexibility index (Phi) is 9.69. The van der Waals surface area contributed by atoms with E-state index < -0.39 is 6.10 Å². The summed E-state index contributed by atoms with van der Waals surface area (Å²) in [6.45, 7) is 3.69. The largest absolute Gasteiger partial charge is 0.389 e. The molecular formula is C19H36N2O3. The van der Waals surface area contributed by atoms with E-state index in [2.05, 4.69) is 10.2 Å². The van der Waals surface area contributed by atoms with Crippen LogP contribution in [-0.4, -0.2) is 60.9 Å². The molecule has 1 saturated carbocycles. The third-order valence-corrected chi connectivity index (χ3v) is 5.22. The Labute approximate surface area is 147 Å². The minimum Gasteiger partial charge on any atom is -0.389 e. The lowest BCUT2D eigenvalue weighted by molar-refractivity contribution is -0.122. The molecule has 1 aliphatic heterocycles. The summed E-state index contributed by atoms with van der Waals surface area (Å²) in [7, 11) is 0. The molecule has 24 heavy (non-hydrogen) atoms. The van der Waals surface area contributed by atoms with Gasteiger partial charge in [-0.05, 0) is 38.8 Å². The number of aliphatic hydroxyl groups excluding tert-OH is 1. The number of carbonyl (C=O) groups is 1. The van der Waals surface area contributed by atoms with E-state index in [-0.39, 0.29) is 5.91 Å². The van der Waals surface area contributed by atoms with Crippen LogP contribution in [0.2, 0.25) is 0 Å². The number of rotatable bonds is 8. The van der Waals surface area contributed by atoms with Gasteiger partial charge in [-0.15, -0.1) is 0 Å². The van der Waals surface area contributed by atoms with E-state index >= 15 is 0 Å². The van der Waals surface area contributed by atoms with Crippen molar-refractivity contribution >= 4 is 5.91 Å². The van der Waals surface area contributed by atoms with Gasteiger partial charge in [0, 0.05) is 19.5 Å². The standard InChI is InChI=1S/C19H36N2O3/c22-17(16-24-18-9-5-4-6-10-18)15-20-19(23)11-14-21-12-7-2-1-3-8-13-21/h17-18,22H,1-16H2,(H,20,23)/t17-/m0/s1. The molecule has 1 aliphatic carbocycles. The highest BCUT2D eigenvalue weighted by atomic mass is 16.5. The maximum Gasteiger partial charge on any atom is 0.221 e. The van der Waals surface area contributed by atoms with Crippen molar-refractivity contribution in [3.05, 3.63) is 0 Å². The minimum atomic E-state index is -0.599. The van der Waals surface area contributed by atoms with Gasteiger partial charge in [-0.2, -0.15) is 0 Å². The van der Waals surface area contributed by atoms with Crippen LogP contribution < -0.4 is 5.32 Å². The highest BCUT2D eigenvalue weighted by Gasteiger charge is 2.16. The maximum absolute atomic E-state index is 12.0. The van der Waals surface area contributed by atoms with Gasteiger partial charge in [0.1, 0.15) is 0 Å². The molecule has 2 rings (SSSR count). The number of ether oxygens (including phenoxy) is 1. The number of nitrogens with one attached hydrogen (secondary N) is 1. The number of amides is 1. The Morgan fingerprint density at radius 3 is 2.38 bits per heavy atom. The summed E-state index contributed by atoms with van der Waals surface area (Å²) in [6, 6.07) is 0. The second kappa shape index (κ2) is 11.8. The van der Waals surface area contributed by atoms with Gasteiger partial charge < -0.3 is 20.1 Å². The first-order valence-corrected chi connectivity index (χ1v) is 10.0. The molecule has 140 valence electrons. The first-order chi connectivity index (χ1) is 11.7. The summed E-state index contributed by atoms with van der Waals surface area (Å²) in [5, 5.41) is 12.8. The van der Waals surface area contributed by atoms with Crippen LogP contribution in [0.15, 0.2) is 0 Å². The lowest BCUT2D eigenvalue weighted by Gasteiger charge is -2.24. The third-order valence-electron chi connectivity index (χ3n) is 5.22. The molecule has 2 N–H and O–H groups in total. The summed E-state index contributed by atoms with van der Waals surface area (Å²) in [5.41, 5.74) is 0. The van der Waals surface area contributed by atoms with Crippen LogP contribution in [0.1, 0.15) is 70.6 Å². The van der Waals surface area contributed by atoms with E-state index in [9.17, 15) is 9.90 Å². The summed E-state index contributed by atoms with van der Waals surface area (Å²) < 4.78 is 5.75. The van der Waals surface area contributed by atoms with E-state index in [0.717, 1.165) is 32.5 Å². The minimum absolute atomic E-state index is 0.0359. The van der Waals surface area contributed by atoms with Gasteiger partial charge >= 0.3 is 0 Å². The van der Waals surface area contributed by atoms with Crippen molar-refractivity contribution in [2.75, 3.05) is 32.8 Å². The first-order valence-electron chi connectivity index (χ1n) is 10.0. The molecule has 5 nitrogen and oxygen atoms in total. The average molecular weight is 341 g/mol. The zero-order chi connectivity index (χ0) is 17.0. The van der Waals surface area contributed by atoms with E-state index in [4.69, 9.17) is 4.74 Å². The molecule has 1 atom stereocenters. The smallest absolute Gasteiger partial charge is 0.221 e. The van der Waals surface area contributed by atoms with E-state index in [1.165, 1.54) is 51.4 Å². The highest BCUT2D eigenvalue weighted by molar-refractivity contribution is 5.76. The average Bonchev–Trinajstić information content (AvgIpc) is 2.58. The van der Waals surface area contributed by atoms with Crippen LogP contribution in [0.3, 0.4) is 0 Å². The maximum atomic E-state index is 12.0. The van der Waals surface area contributed by atoms with Crippen molar-refractivity contribution < 1.29 is 14.6 Å². The molecule has 0 spiro atoms. The second-order valence-electron chi connectivity index (χ2n) is 7.41. The number of carbonyl (C=O) groups excluding carboxylic acids is 1. The molecule has 1 saturated heterocycles. The van der Waals surface area contributed by atoms with Crippen LogP contribution in [0.25, 0.3) is 0 Å². The van der Waals surface area contributed by atoms with Gasteiger partial charge in [-0.25, -0.2) is 0 Å². The third kappa shape index (κ3) is 8.45. The van der Waals surface area contributed by atoms with Gasteiger partial charge in [0.25, 0.3) is 0 Å². The van der Waals surface area contributed by atoms with Crippen molar-refractivity contribution in [3.8, 4) is 0 Å². The number of nitrogens with zero attached hydrogens (tertiary/aromatic N) is 1. The van der Waals surface area contributed by atoms with Crippen molar-refractivity contribution in [2.45, 2.75) is 82.8 Å². The molecule has 1 heterocycles. The molecule has 5 heteroatoms. The fourth-order valence-corrected chi connectivity index (χ4v) is 3.65. The molecular weight excluding hydrogens is 304 g/mol. The van der Waals surface area contributed by atoms with E-state index in [1.54, 1.807) is 0 Å². The van der Waals surface area contributed by atoms with Gasteiger partial charge in [0.05, 0.1) is 18.8 Å². The molecule has 0 unspecified atom stereocenters. The first kappa shape index (κ1) is 19.7. The monoisotopic (exact) mass is 340 g/mol. The Bertz CT molecular complexity index is 338. The zero-order valence-electron chi connectivity index (χ0n) is 15.2. The van der Waals surface area contributed by atoms with Gasteiger partial charge in [0.15, 0.2) is 0 Å². The van der Waals surface area contributed by atoms with Gasteiger partial charge in [0.2, 0.25) is 5.91 Å². The number of hydrogen-bond acceptors (Lipinski definition) is 4. The second-order valence-corrected chi connectivity index (χ2v) is 7.41. The SMILES string of the molecule is O=C(CCN1CCCCCCC1)NC[C@H](O)COC1CCCCC1. The number of likely N-dealkylation sites (tertiary alicyclic amines) is 1. The van der Waals surface area contributed by atoms with Crippen LogP contribution in [-0.2, 0) is 9.53 Å². The Morgan fingerprint density at radius 2 is 1.67 bits per heavy atom. The van der Waals surface area contributed by atoms with Crippen LogP contribution in [0.5, 0.6) is 0 Å². The Balaban J connectivity index is 1.51. The molecule has 0 aromatic carbocycles. The quantitative estimate of drug-likeness (QED) is 0.712. The Morgan fingerprint density at radius 1 is 1.04 bits per heavy atom. The predicted octanol–water partition coefficient (Wildman–Crippen LogP) is 2.47. The summed E-state index contributed by atoms with van der Waals surface area (Å²) >= 11 is 0. The van der Waals surface area contributed by atoms with Crippen LogP contribution >= 0.6 is 0 Å². The lowest BCUT2D eigenvalue weighted by atomic mass is 9.98. The lowest BCUT2D eigenvalue weighted by Crippen LogP contribution is -2.38. The molecule has 1 amide bonds.